The number of rotatable bonds is 5. The first kappa shape index (κ1) is 18.6. The van der Waals surface area contributed by atoms with E-state index in [1.165, 1.54) is 0 Å². The van der Waals surface area contributed by atoms with Crippen molar-refractivity contribution in [3.05, 3.63) is 52.6 Å². The Hall–Kier alpha value is -2.18. The highest BCUT2D eigenvalue weighted by Crippen LogP contribution is 2.23. The zero-order chi connectivity index (χ0) is 18.5. The van der Waals surface area contributed by atoms with Gasteiger partial charge in [0.05, 0.1) is 25.5 Å². The molecule has 2 N–H and O–H groups in total. The number of amides is 1. The van der Waals surface area contributed by atoms with Crippen molar-refractivity contribution in [3.63, 3.8) is 0 Å². The smallest absolute Gasteiger partial charge is 0.270 e. The molecule has 0 radical (unpaired) electrons. The molecular formula is C19H22ClN3O3. The van der Waals surface area contributed by atoms with Crippen molar-refractivity contribution in [3.8, 4) is 5.75 Å². The second-order valence-electron chi connectivity index (χ2n) is 6.48. The van der Waals surface area contributed by atoms with E-state index in [0.29, 0.717) is 23.0 Å². The Morgan fingerprint density at radius 2 is 2.12 bits per heavy atom. The number of carbonyl (C=O) groups is 1. The van der Waals surface area contributed by atoms with Gasteiger partial charge in [-0.2, -0.15) is 0 Å². The molecule has 138 valence electrons. The molecule has 0 spiro atoms. The fourth-order valence-corrected chi connectivity index (χ4v) is 3.30. The number of aromatic nitrogens is 2. The summed E-state index contributed by atoms with van der Waals surface area (Å²) in [6.07, 6.45) is 6.79. The molecule has 2 aromatic rings. The summed E-state index contributed by atoms with van der Waals surface area (Å²) in [7, 11) is 1.57. The highest BCUT2D eigenvalue weighted by molar-refractivity contribution is 6.29. The number of carbonyl (C=O) groups excluding carboxylic acids is 1. The average molecular weight is 376 g/mol. The van der Waals surface area contributed by atoms with Crippen LogP contribution < -0.4 is 10.1 Å². The molecule has 1 amide bonds. The summed E-state index contributed by atoms with van der Waals surface area (Å²) >= 11 is 5.83. The molecule has 1 aliphatic carbocycles. The molecule has 0 bridgehead atoms. The molecule has 7 heteroatoms. The lowest BCUT2D eigenvalue weighted by Crippen LogP contribution is -2.45. The first-order chi connectivity index (χ1) is 12.6. The Kier molecular flexibility index (Phi) is 6.06. The topological polar surface area (TPSA) is 84.3 Å². The van der Waals surface area contributed by atoms with Crippen LogP contribution in [-0.2, 0) is 6.42 Å². The maximum absolute atomic E-state index is 12.6. The van der Waals surface area contributed by atoms with Gasteiger partial charge in [0.1, 0.15) is 16.6 Å². The van der Waals surface area contributed by atoms with E-state index in [-0.39, 0.29) is 11.9 Å². The molecule has 0 unspecified atom stereocenters. The second kappa shape index (κ2) is 8.47. The molecule has 6 nitrogen and oxygen atoms in total. The van der Waals surface area contributed by atoms with Gasteiger partial charge in [0, 0.05) is 18.2 Å². The van der Waals surface area contributed by atoms with E-state index >= 15 is 0 Å². The van der Waals surface area contributed by atoms with E-state index in [0.717, 1.165) is 36.8 Å². The van der Waals surface area contributed by atoms with E-state index in [9.17, 15) is 9.90 Å². The number of methoxy groups -OCH3 is 1. The van der Waals surface area contributed by atoms with E-state index in [1.54, 1.807) is 31.6 Å². The number of nitrogens with one attached hydrogen (secondary N) is 1. The molecule has 3 rings (SSSR count). The van der Waals surface area contributed by atoms with Gasteiger partial charge < -0.3 is 15.2 Å². The third-order valence-electron chi connectivity index (χ3n) is 4.63. The summed E-state index contributed by atoms with van der Waals surface area (Å²) in [5, 5.41) is 13.4. The third kappa shape index (κ3) is 4.51. The Balaban J connectivity index is 1.77. The predicted molar refractivity (Wildman–Crippen MR) is 98.6 cm³/mol. The quantitative estimate of drug-likeness (QED) is 0.785. The maximum Gasteiger partial charge on any atom is 0.270 e. The Morgan fingerprint density at radius 1 is 1.31 bits per heavy atom. The van der Waals surface area contributed by atoms with Crippen molar-refractivity contribution < 1.29 is 14.6 Å². The van der Waals surface area contributed by atoms with Gasteiger partial charge in [0.2, 0.25) is 0 Å². The van der Waals surface area contributed by atoms with E-state index in [1.807, 2.05) is 6.07 Å². The summed E-state index contributed by atoms with van der Waals surface area (Å²) < 4.78 is 5.36. The monoisotopic (exact) mass is 375 g/mol. The van der Waals surface area contributed by atoms with Crippen LogP contribution in [0.25, 0.3) is 0 Å². The number of hydrogen-bond donors (Lipinski definition) is 2. The Bertz CT molecular complexity index is 767. The molecule has 1 saturated carbocycles. The average Bonchev–Trinajstić information content (AvgIpc) is 2.65. The molecule has 0 saturated heterocycles. The zero-order valence-electron chi connectivity index (χ0n) is 14.6. The van der Waals surface area contributed by atoms with E-state index in [2.05, 4.69) is 15.3 Å². The van der Waals surface area contributed by atoms with Gasteiger partial charge in [-0.1, -0.05) is 30.5 Å². The maximum atomic E-state index is 12.6. The van der Waals surface area contributed by atoms with Crippen LogP contribution in [0.5, 0.6) is 5.75 Å². The largest absolute Gasteiger partial charge is 0.495 e. The number of pyridine rings is 2. The van der Waals surface area contributed by atoms with Crippen molar-refractivity contribution >= 4 is 17.5 Å². The summed E-state index contributed by atoms with van der Waals surface area (Å²) in [4.78, 5) is 20.8. The van der Waals surface area contributed by atoms with Gasteiger partial charge in [-0.15, -0.1) is 0 Å². The number of ether oxygens (including phenoxy) is 1. The molecule has 0 aromatic carbocycles. The minimum Gasteiger partial charge on any atom is -0.495 e. The van der Waals surface area contributed by atoms with Gasteiger partial charge in [0.25, 0.3) is 5.91 Å². The minimum absolute atomic E-state index is 0.218. The van der Waals surface area contributed by atoms with Crippen LogP contribution in [0.1, 0.15) is 47.3 Å². The number of hydrogen-bond acceptors (Lipinski definition) is 5. The van der Waals surface area contributed by atoms with Crippen molar-refractivity contribution in [2.24, 2.45) is 0 Å². The SMILES string of the molecule is COc1cnc(C(=O)N[C@@H]2CCCC[C@H]2O)cc1Cc1ccc(Cl)nc1. The highest BCUT2D eigenvalue weighted by Gasteiger charge is 2.25. The summed E-state index contributed by atoms with van der Waals surface area (Å²) in [6.45, 7) is 0. The Labute approximate surface area is 157 Å². The molecule has 2 aromatic heterocycles. The number of aliphatic hydroxyl groups is 1. The molecule has 2 atom stereocenters. The minimum atomic E-state index is -0.495. The lowest BCUT2D eigenvalue weighted by Gasteiger charge is -2.28. The van der Waals surface area contributed by atoms with Crippen LogP contribution in [0, 0.1) is 0 Å². The van der Waals surface area contributed by atoms with Gasteiger partial charge in [0.15, 0.2) is 0 Å². The molecule has 0 aliphatic heterocycles. The van der Waals surface area contributed by atoms with Gasteiger partial charge in [-0.25, -0.2) is 9.97 Å². The van der Waals surface area contributed by atoms with Crippen LogP contribution in [0.3, 0.4) is 0 Å². The van der Waals surface area contributed by atoms with Crippen LogP contribution in [0.4, 0.5) is 0 Å². The lowest BCUT2D eigenvalue weighted by molar-refractivity contribution is 0.0713. The zero-order valence-corrected chi connectivity index (χ0v) is 15.4. The summed E-state index contributed by atoms with van der Waals surface area (Å²) in [5.74, 6) is 0.322. The van der Waals surface area contributed by atoms with Crippen molar-refractivity contribution in [2.45, 2.75) is 44.2 Å². The van der Waals surface area contributed by atoms with Crippen LogP contribution >= 0.6 is 11.6 Å². The van der Waals surface area contributed by atoms with Gasteiger partial charge >= 0.3 is 0 Å². The first-order valence-electron chi connectivity index (χ1n) is 8.69. The fraction of sp³-hybridized carbons (Fsp3) is 0.421. The van der Waals surface area contributed by atoms with Crippen molar-refractivity contribution in [1.82, 2.24) is 15.3 Å². The Morgan fingerprint density at radius 3 is 2.81 bits per heavy atom. The number of nitrogens with zero attached hydrogens (tertiary/aromatic N) is 2. The second-order valence-corrected chi connectivity index (χ2v) is 6.87. The van der Waals surface area contributed by atoms with Gasteiger partial charge in [-0.3, -0.25) is 4.79 Å². The summed E-state index contributed by atoms with van der Waals surface area (Å²) in [6, 6.07) is 5.11. The van der Waals surface area contributed by atoms with E-state index < -0.39 is 6.10 Å². The molecular weight excluding hydrogens is 354 g/mol. The molecule has 2 heterocycles. The van der Waals surface area contributed by atoms with Crippen molar-refractivity contribution in [1.29, 1.82) is 0 Å². The van der Waals surface area contributed by atoms with Crippen LogP contribution in [0.2, 0.25) is 5.15 Å². The van der Waals surface area contributed by atoms with Crippen LogP contribution in [0.15, 0.2) is 30.6 Å². The van der Waals surface area contributed by atoms with Crippen molar-refractivity contribution in [2.75, 3.05) is 7.11 Å². The normalized spacial score (nSPS) is 19.8. The van der Waals surface area contributed by atoms with E-state index in [4.69, 9.17) is 16.3 Å². The number of halogens is 1. The molecule has 26 heavy (non-hydrogen) atoms. The molecule has 1 fully saturated rings. The fourth-order valence-electron chi connectivity index (χ4n) is 3.18. The summed E-state index contributed by atoms with van der Waals surface area (Å²) in [5.41, 5.74) is 2.09. The predicted octanol–water partition coefficient (Wildman–Crippen LogP) is 2.76. The standard InChI is InChI=1S/C19H22ClN3O3/c1-26-17-11-21-15(19(25)23-14-4-2-3-5-16(14)24)9-13(17)8-12-6-7-18(20)22-10-12/h6-7,9-11,14,16,24H,2-5,8H2,1H3,(H,23,25)/t14-,16-/m1/s1. The lowest BCUT2D eigenvalue weighted by atomic mass is 9.92. The van der Waals surface area contributed by atoms with Gasteiger partial charge in [-0.05, 0) is 30.5 Å². The molecule has 1 aliphatic rings. The highest BCUT2D eigenvalue weighted by atomic mass is 35.5. The first-order valence-corrected chi connectivity index (χ1v) is 9.07. The van der Waals surface area contributed by atoms with Crippen LogP contribution in [-0.4, -0.2) is 40.2 Å². The third-order valence-corrected chi connectivity index (χ3v) is 4.85. The number of aliphatic hydroxyl groups excluding tert-OH is 1.